The molecule has 2 aromatic rings. The summed E-state index contributed by atoms with van der Waals surface area (Å²) in [6.45, 7) is 4.99. The molecule has 0 aliphatic carbocycles. The van der Waals surface area contributed by atoms with Crippen LogP contribution in [0.4, 0.5) is 0 Å². The summed E-state index contributed by atoms with van der Waals surface area (Å²) in [6.07, 6.45) is 3.64. The first-order valence-electron chi connectivity index (χ1n) is 5.30. The molecule has 84 valence electrons. The molecule has 0 fully saturated rings. The van der Waals surface area contributed by atoms with Gasteiger partial charge in [0.05, 0.1) is 0 Å². The Hall–Kier alpha value is -1.26. The molecule has 3 nitrogen and oxygen atoms in total. The lowest BCUT2D eigenvalue weighted by Gasteiger charge is -2.12. The molecule has 0 bridgehead atoms. The van der Waals surface area contributed by atoms with Gasteiger partial charge in [-0.05, 0) is 31.5 Å². The van der Waals surface area contributed by atoms with Crippen LogP contribution in [-0.2, 0) is 6.54 Å². The fourth-order valence-corrected chi connectivity index (χ4v) is 2.22. The van der Waals surface area contributed by atoms with Crippen molar-refractivity contribution in [2.45, 2.75) is 26.4 Å². The standard InChI is InChI=1S/C12H15N3S/c1-9-8-16-12(15-9)7-14-10(2)11-3-5-13-6-4-11/h3-6,8,10,14H,7H2,1-2H3/t10-/m1/s1. The fraction of sp³-hybridized carbons (Fsp3) is 0.333. The highest BCUT2D eigenvalue weighted by Gasteiger charge is 2.05. The summed E-state index contributed by atoms with van der Waals surface area (Å²) < 4.78 is 0. The summed E-state index contributed by atoms with van der Waals surface area (Å²) in [5.41, 5.74) is 2.35. The van der Waals surface area contributed by atoms with Gasteiger partial charge in [-0.3, -0.25) is 4.98 Å². The van der Waals surface area contributed by atoms with Crippen LogP contribution in [0.25, 0.3) is 0 Å². The molecule has 0 unspecified atom stereocenters. The van der Waals surface area contributed by atoms with Crippen molar-refractivity contribution >= 4 is 11.3 Å². The van der Waals surface area contributed by atoms with Crippen molar-refractivity contribution in [1.29, 1.82) is 0 Å². The number of nitrogens with zero attached hydrogens (tertiary/aromatic N) is 2. The zero-order valence-electron chi connectivity index (χ0n) is 9.47. The Balaban J connectivity index is 1.91. The molecule has 0 saturated heterocycles. The van der Waals surface area contributed by atoms with E-state index in [0.717, 1.165) is 17.2 Å². The van der Waals surface area contributed by atoms with Crippen molar-refractivity contribution in [1.82, 2.24) is 15.3 Å². The number of aromatic nitrogens is 2. The molecule has 2 aromatic heterocycles. The molecular weight excluding hydrogens is 218 g/mol. The Morgan fingerprint density at radius 1 is 1.38 bits per heavy atom. The van der Waals surface area contributed by atoms with E-state index >= 15 is 0 Å². The van der Waals surface area contributed by atoms with Crippen LogP contribution in [0.3, 0.4) is 0 Å². The maximum Gasteiger partial charge on any atom is 0.107 e. The molecule has 0 aliphatic rings. The molecule has 2 rings (SSSR count). The Bertz CT molecular complexity index is 439. The smallest absolute Gasteiger partial charge is 0.107 e. The lowest BCUT2D eigenvalue weighted by molar-refractivity contribution is 0.572. The largest absolute Gasteiger partial charge is 0.304 e. The minimum atomic E-state index is 0.326. The first-order chi connectivity index (χ1) is 7.75. The molecule has 0 amide bonds. The molecular formula is C12H15N3S. The van der Waals surface area contributed by atoms with E-state index in [0.29, 0.717) is 6.04 Å². The van der Waals surface area contributed by atoms with Crippen LogP contribution in [0.2, 0.25) is 0 Å². The molecule has 4 heteroatoms. The predicted octanol–water partition coefficient (Wildman–Crippen LogP) is 2.70. The summed E-state index contributed by atoms with van der Waals surface area (Å²) in [5, 5.41) is 6.66. The Labute approximate surface area is 99.6 Å². The molecule has 1 atom stereocenters. The monoisotopic (exact) mass is 233 g/mol. The first kappa shape index (κ1) is 11.2. The first-order valence-corrected chi connectivity index (χ1v) is 6.18. The fourth-order valence-electron chi connectivity index (χ4n) is 1.49. The SMILES string of the molecule is Cc1csc(CN[C@H](C)c2ccncc2)n1. The summed E-state index contributed by atoms with van der Waals surface area (Å²) in [5.74, 6) is 0. The van der Waals surface area contributed by atoms with E-state index in [1.165, 1.54) is 5.56 Å². The van der Waals surface area contributed by atoms with Crippen LogP contribution < -0.4 is 5.32 Å². The Morgan fingerprint density at radius 3 is 2.75 bits per heavy atom. The minimum absolute atomic E-state index is 0.326. The summed E-state index contributed by atoms with van der Waals surface area (Å²) in [7, 11) is 0. The van der Waals surface area contributed by atoms with Crippen LogP contribution >= 0.6 is 11.3 Å². The van der Waals surface area contributed by atoms with E-state index in [2.05, 4.69) is 27.6 Å². The van der Waals surface area contributed by atoms with Gasteiger partial charge in [0.15, 0.2) is 0 Å². The average molecular weight is 233 g/mol. The van der Waals surface area contributed by atoms with Gasteiger partial charge < -0.3 is 5.32 Å². The van der Waals surface area contributed by atoms with E-state index in [-0.39, 0.29) is 0 Å². The van der Waals surface area contributed by atoms with E-state index in [9.17, 15) is 0 Å². The van der Waals surface area contributed by atoms with E-state index in [1.54, 1.807) is 11.3 Å². The van der Waals surface area contributed by atoms with Crippen molar-refractivity contribution in [2.75, 3.05) is 0 Å². The van der Waals surface area contributed by atoms with Gasteiger partial charge in [-0.1, -0.05) is 0 Å². The molecule has 2 heterocycles. The van der Waals surface area contributed by atoms with Gasteiger partial charge >= 0.3 is 0 Å². The third kappa shape index (κ3) is 2.87. The van der Waals surface area contributed by atoms with E-state index in [4.69, 9.17) is 0 Å². The van der Waals surface area contributed by atoms with Gasteiger partial charge in [0.1, 0.15) is 5.01 Å². The van der Waals surface area contributed by atoms with Crippen molar-refractivity contribution in [2.24, 2.45) is 0 Å². The van der Waals surface area contributed by atoms with Crippen LogP contribution in [0.15, 0.2) is 29.9 Å². The minimum Gasteiger partial charge on any atom is -0.304 e. The molecule has 1 N–H and O–H groups in total. The zero-order chi connectivity index (χ0) is 11.4. The zero-order valence-corrected chi connectivity index (χ0v) is 10.3. The molecule has 0 aliphatic heterocycles. The van der Waals surface area contributed by atoms with Gasteiger partial charge in [0.25, 0.3) is 0 Å². The number of hydrogen-bond donors (Lipinski definition) is 1. The van der Waals surface area contributed by atoms with Crippen molar-refractivity contribution in [3.05, 3.63) is 46.2 Å². The summed E-state index contributed by atoms with van der Waals surface area (Å²) in [4.78, 5) is 8.43. The average Bonchev–Trinajstić information content (AvgIpc) is 2.73. The number of rotatable bonds is 4. The second-order valence-electron chi connectivity index (χ2n) is 3.77. The quantitative estimate of drug-likeness (QED) is 0.882. The van der Waals surface area contributed by atoms with Gasteiger partial charge in [-0.15, -0.1) is 11.3 Å². The topological polar surface area (TPSA) is 37.8 Å². The van der Waals surface area contributed by atoms with Crippen molar-refractivity contribution in [3.8, 4) is 0 Å². The molecule has 0 radical (unpaired) electrons. The highest BCUT2D eigenvalue weighted by molar-refractivity contribution is 7.09. The molecule has 0 saturated carbocycles. The second-order valence-corrected chi connectivity index (χ2v) is 4.71. The Kier molecular flexibility index (Phi) is 3.64. The predicted molar refractivity (Wildman–Crippen MR) is 66.3 cm³/mol. The van der Waals surface area contributed by atoms with Crippen LogP contribution in [0, 0.1) is 6.92 Å². The maximum absolute atomic E-state index is 4.42. The molecule has 16 heavy (non-hydrogen) atoms. The maximum atomic E-state index is 4.42. The lowest BCUT2D eigenvalue weighted by atomic mass is 10.1. The third-order valence-corrected chi connectivity index (χ3v) is 3.40. The van der Waals surface area contributed by atoms with Crippen LogP contribution in [0.5, 0.6) is 0 Å². The Morgan fingerprint density at radius 2 is 2.12 bits per heavy atom. The molecule has 0 aromatic carbocycles. The van der Waals surface area contributed by atoms with Gasteiger partial charge in [-0.25, -0.2) is 4.98 Å². The second kappa shape index (κ2) is 5.18. The van der Waals surface area contributed by atoms with Gasteiger partial charge in [-0.2, -0.15) is 0 Å². The summed E-state index contributed by atoms with van der Waals surface area (Å²) >= 11 is 1.70. The number of thiazole rings is 1. The van der Waals surface area contributed by atoms with Gasteiger partial charge in [0, 0.05) is 36.1 Å². The lowest BCUT2D eigenvalue weighted by Crippen LogP contribution is -2.17. The number of hydrogen-bond acceptors (Lipinski definition) is 4. The van der Waals surface area contributed by atoms with E-state index in [1.807, 2.05) is 31.5 Å². The van der Waals surface area contributed by atoms with E-state index < -0.39 is 0 Å². The highest BCUT2D eigenvalue weighted by atomic mass is 32.1. The normalized spacial score (nSPS) is 12.6. The number of aryl methyl sites for hydroxylation is 1. The third-order valence-electron chi connectivity index (χ3n) is 2.43. The van der Waals surface area contributed by atoms with Crippen molar-refractivity contribution in [3.63, 3.8) is 0 Å². The number of nitrogens with one attached hydrogen (secondary N) is 1. The van der Waals surface area contributed by atoms with Crippen molar-refractivity contribution < 1.29 is 0 Å². The van der Waals surface area contributed by atoms with Crippen LogP contribution in [0.1, 0.15) is 29.2 Å². The molecule has 0 spiro atoms. The highest BCUT2D eigenvalue weighted by Crippen LogP contribution is 2.13. The summed E-state index contributed by atoms with van der Waals surface area (Å²) in [6, 6.07) is 4.39. The van der Waals surface area contributed by atoms with Gasteiger partial charge in [0.2, 0.25) is 0 Å². The number of pyridine rings is 1. The van der Waals surface area contributed by atoms with Crippen LogP contribution in [-0.4, -0.2) is 9.97 Å².